The van der Waals surface area contributed by atoms with Crippen LogP contribution in [0.4, 0.5) is 22.2 Å². The number of halogens is 2. The van der Waals surface area contributed by atoms with Crippen LogP contribution in [0, 0.1) is 5.82 Å². The lowest BCUT2D eigenvalue weighted by Gasteiger charge is -2.30. The molecule has 0 unspecified atom stereocenters. The summed E-state index contributed by atoms with van der Waals surface area (Å²) in [6.45, 7) is 2.66. The van der Waals surface area contributed by atoms with Crippen molar-refractivity contribution in [3.8, 4) is 0 Å². The summed E-state index contributed by atoms with van der Waals surface area (Å²) in [5.74, 6) is 0.314. The minimum absolute atomic E-state index is 0.0280. The van der Waals surface area contributed by atoms with Crippen LogP contribution in [0.15, 0.2) is 53.0 Å². The van der Waals surface area contributed by atoms with Crippen molar-refractivity contribution >= 4 is 33.8 Å². The molecule has 0 bridgehead atoms. The van der Waals surface area contributed by atoms with Crippen LogP contribution in [0.2, 0.25) is 0 Å². The summed E-state index contributed by atoms with van der Waals surface area (Å²) in [5.41, 5.74) is 13.6. The standard InChI is InChI=1S/C19H20BrFN6/c1-12(14-4-6-15(20)7-5-14)27(19-25-17(22)24-18(23)26-19)11-10-13-2-8-16(21)9-3-13/h2-9,12H,10-11H2,1H3,(H4,22,23,24,25,26)/t12-/m0/s1. The first-order valence-electron chi connectivity index (χ1n) is 8.46. The van der Waals surface area contributed by atoms with Crippen molar-refractivity contribution in [3.05, 3.63) is 69.9 Å². The van der Waals surface area contributed by atoms with Gasteiger partial charge in [0.05, 0.1) is 6.04 Å². The molecule has 1 atom stereocenters. The lowest BCUT2D eigenvalue weighted by molar-refractivity contribution is 0.624. The number of anilines is 3. The number of hydrogen-bond donors (Lipinski definition) is 2. The maximum absolute atomic E-state index is 13.2. The van der Waals surface area contributed by atoms with Crippen LogP contribution in [0.25, 0.3) is 0 Å². The van der Waals surface area contributed by atoms with Gasteiger partial charge in [-0.3, -0.25) is 0 Å². The van der Waals surface area contributed by atoms with Crippen molar-refractivity contribution in [3.63, 3.8) is 0 Å². The second kappa shape index (κ2) is 8.30. The van der Waals surface area contributed by atoms with E-state index in [-0.39, 0.29) is 23.8 Å². The minimum Gasteiger partial charge on any atom is -0.368 e. The van der Waals surface area contributed by atoms with Crippen LogP contribution < -0.4 is 16.4 Å². The van der Waals surface area contributed by atoms with E-state index in [1.54, 1.807) is 12.1 Å². The van der Waals surface area contributed by atoms with E-state index in [2.05, 4.69) is 37.8 Å². The molecule has 3 aromatic rings. The Kier molecular flexibility index (Phi) is 5.85. The molecule has 4 N–H and O–H groups in total. The summed E-state index contributed by atoms with van der Waals surface area (Å²) < 4.78 is 14.2. The second-order valence-electron chi connectivity index (χ2n) is 6.15. The molecule has 0 amide bonds. The Bertz CT molecular complexity index is 881. The summed E-state index contributed by atoms with van der Waals surface area (Å²) >= 11 is 3.45. The third kappa shape index (κ3) is 4.91. The molecule has 0 saturated carbocycles. The van der Waals surface area contributed by atoms with E-state index in [4.69, 9.17) is 11.5 Å². The van der Waals surface area contributed by atoms with Gasteiger partial charge in [0.15, 0.2) is 0 Å². The fourth-order valence-corrected chi connectivity index (χ4v) is 3.08. The van der Waals surface area contributed by atoms with Crippen LogP contribution in [0.1, 0.15) is 24.1 Å². The number of rotatable bonds is 6. The predicted octanol–water partition coefficient (Wildman–Crippen LogP) is 3.75. The molecule has 0 spiro atoms. The van der Waals surface area contributed by atoms with Crippen molar-refractivity contribution in [1.82, 2.24) is 15.0 Å². The Hall–Kier alpha value is -2.74. The van der Waals surface area contributed by atoms with Crippen LogP contribution >= 0.6 is 15.9 Å². The Labute approximate surface area is 165 Å². The van der Waals surface area contributed by atoms with Crippen LogP contribution in [0.3, 0.4) is 0 Å². The summed E-state index contributed by atoms with van der Waals surface area (Å²) in [5, 5.41) is 0. The SMILES string of the molecule is C[C@@H](c1ccc(Br)cc1)N(CCc1ccc(F)cc1)c1nc(N)nc(N)n1. The molecule has 1 heterocycles. The number of hydrogen-bond acceptors (Lipinski definition) is 6. The highest BCUT2D eigenvalue weighted by molar-refractivity contribution is 9.10. The van der Waals surface area contributed by atoms with Crippen LogP contribution in [-0.2, 0) is 6.42 Å². The van der Waals surface area contributed by atoms with Crippen molar-refractivity contribution in [2.45, 2.75) is 19.4 Å². The van der Waals surface area contributed by atoms with Gasteiger partial charge in [-0.05, 0) is 48.7 Å². The van der Waals surface area contributed by atoms with Crippen LogP contribution in [-0.4, -0.2) is 21.5 Å². The molecule has 3 rings (SSSR count). The third-order valence-electron chi connectivity index (χ3n) is 4.29. The molecular weight excluding hydrogens is 411 g/mol. The van der Waals surface area contributed by atoms with Crippen molar-refractivity contribution in [1.29, 1.82) is 0 Å². The molecule has 0 aliphatic carbocycles. The molecule has 0 aliphatic heterocycles. The zero-order valence-electron chi connectivity index (χ0n) is 14.8. The Morgan fingerprint density at radius 3 is 2.15 bits per heavy atom. The summed E-state index contributed by atoms with van der Waals surface area (Å²) in [4.78, 5) is 14.4. The highest BCUT2D eigenvalue weighted by atomic mass is 79.9. The average Bonchev–Trinajstić information content (AvgIpc) is 2.63. The van der Waals surface area contributed by atoms with Gasteiger partial charge in [0, 0.05) is 11.0 Å². The number of aromatic nitrogens is 3. The predicted molar refractivity (Wildman–Crippen MR) is 109 cm³/mol. The number of nitrogens with two attached hydrogens (primary N) is 2. The third-order valence-corrected chi connectivity index (χ3v) is 4.82. The summed E-state index contributed by atoms with van der Waals surface area (Å²) in [7, 11) is 0. The van der Waals surface area contributed by atoms with Crippen molar-refractivity contribution < 1.29 is 4.39 Å². The van der Waals surface area contributed by atoms with Crippen molar-refractivity contribution in [2.24, 2.45) is 0 Å². The maximum Gasteiger partial charge on any atom is 0.232 e. The average molecular weight is 431 g/mol. The molecule has 0 fully saturated rings. The molecule has 140 valence electrons. The fourth-order valence-electron chi connectivity index (χ4n) is 2.81. The van der Waals surface area contributed by atoms with E-state index < -0.39 is 0 Å². The lowest BCUT2D eigenvalue weighted by Crippen LogP contribution is -2.31. The normalized spacial score (nSPS) is 12.0. The highest BCUT2D eigenvalue weighted by Gasteiger charge is 2.20. The molecule has 0 radical (unpaired) electrons. The maximum atomic E-state index is 13.2. The van der Waals surface area contributed by atoms with Gasteiger partial charge in [0.1, 0.15) is 5.82 Å². The monoisotopic (exact) mass is 430 g/mol. The number of nitrogen functional groups attached to an aromatic ring is 2. The minimum atomic E-state index is -0.253. The van der Waals surface area contributed by atoms with Gasteiger partial charge in [-0.2, -0.15) is 15.0 Å². The summed E-state index contributed by atoms with van der Waals surface area (Å²) in [6.07, 6.45) is 0.687. The fraction of sp³-hybridized carbons (Fsp3) is 0.211. The highest BCUT2D eigenvalue weighted by Crippen LogP contribution is 2.26. The van der Waals surface area contributed by atoms with Gasteiger partial charge >= 0.3 is 0 Å². The molecule has 8 heteroatoms. The van der Waals surface area contributed by atoms with Gasteiger partial charge < -0.3 is 16.4 Å². The van der Waals surface area contributed by atoms with Crippen LogP contribution in [0.5, 0.6) is 0 Å². The number of benzene rings is 2. The van der Waals surface area contributed by atoms with Gasteiger partial charge in [0.25, 0.3) is 0 Å². The van der Waals surface area contributed by atoms with Crippen molar-refractivity contribution in [2.75, 3.05) is 22.9 Å². The molecular formula is C19H20BrFN6. The van der Waals surface area contributed by atoms with Gasteiger partial charge in [0.2, 0.25) is 17.8 Å². The Morgan fingerprint density at radius 2 is 1.56 bits per heavy atom. The first kappa shape index (κ1) is 19.0. The molecule has 0 aliphatic rings. The van der Waals surface area contributed by atoms with E-state index in [1.807, 2.05) is 29.2 Å². The van der Waals surface area contributed by atoms with Gasteiger partial charge in [-0.25, -0.2) is 4.39 Å². The Balaban J connectivity index is 1.89. The zero-order valence-corrected chi connectivity index (χ0v) is 16.4. The quantitative estimate of drug-likeness (QED) is 0.618. The topological polar surface area (TPSA) is 94.0 Å². The first-order valence-corrected chi connectivity index (χ1v) is 9.25. The molecule has 2 aromatic carbocycles. The smallest absolute Gasteiger partial charge is 0.232 e. The molecule has 1 aromatic heterocycles. The van der Waals surface area contributed by atoms with E-state index in [0.717, 1.165) is 15.6 Å². The lowest BCUT2D eigenvalue weighted by atomic mass is 10.1. The van der Waals surface area contributed by atoms with E-state index >= 15 is 0 Å². The van der Waals surface area contributed by atoms with E-state index in [1.165, 1.54) is 12.1 Å². The first-order chi connectivity index (χ1) is 12.9. The largest absolute Gasteiger partial charge is 0.368 e. The molecule has 6 nitrogen and oxygen atoms in total. The van der Waals surface area contributed by atoms with E-state index in [9.17, 15) is 4.39 Å². The van der Waals surface area contributed by atoms with E-state index in [0.29, 0.717) is 18.9 Å². The molecule has 27 heavy (non-hydrogen) atoms. The van der Waals surface area contributed by atoms with Gasteiger partial charge in [-0.15, -0.1) is 0 Å². The Morgan fingerprint density at radius 1 is 0.963 bits per heavy atom. The zero-order chi connectivity index (χ0) is 19.4. The van der Waals surface area contributed by atoms with Gasteiger partial charge in [-0.1, -0.05) is 40.2 Å². The summed E-state index contributed by atoms with van der Waals surface area (Å²) in [6, 6.07) is 14.5. The molecule has 0 saturated heterocycles. The number of nitrogens with zero attached hydrogens (tertiary/aromatic N) is 4. The second-order valence-corrected chi connectivity index (χ2v) is 7.06.